The second-order valence-electron chi connectivity index (χ2n) is 5.12. The Bertz CT molecular complexity index is 430. The third kappa shape index (κ3) is 3.40. The fourth-order valence-electron chi connectivity index (χ4n) is 2.40. The number of carbonyl (C=O) groups excluding carboxylic acids is 1. The topological polar surface area (TPSA) is 93.2 Å². The van der Waals surface area contributed by atoms with Crippen LogP contribution in [0.1, 0.15) is 19.3 Å². The highest BCUT2D eigenvalue weighted by atomic mass is 16.2. The first kappa shape index (κ1) is 13.7. The van der Waals surface area contributed by atoms with Crippen LogP contribution in [0.25, 0.3) is 0 Å². The zero-order valence-corrected chi connectivity index (χ0v) is 11.5. The number of anilines is 1. The van der Waals surface area contributed by atoms with Crippen molar-refractivity contribution in [3.63, 3.8) is 0 Å². The molecule has 1 fully saturated rings. The van der Waals surface area contributed by atoms with Crippen LogP contribution in [0.2, 0.25) is 0 Å². The number of aromatic nitrogens is 4. The lowest BCUT2D eigenvalue weighted by molar-refractivity contribution is -0.132. The van der Waals surface area contributed by atoms with Gasteiger partial charge in [-0.1, -0.05) is 5.10 Å². The zero-order chi connectivity index (χ0) is 13.8. The Morgan fingerprint density at radius 2 is 2.21 bits per heavy atom. The fraction of sp³-hybridized carbons (Fsp3) is 0.818. The third-order valence-electron chi connectivity index (χ3n) is 3.63. The highest BCUT2D eigenvalue weighted by Crippen LogP contribution is 2.15. The first-order valence-electron chi connectivity index (χ1n) is 6.53. The summed E-state index contributed by atoms with van der Waals surface area (Å²) in [4.78, 5) is 16.3. The summed E-state index contributed by atoms with van der Waals surface area (Å²) < 4.78 is 1.33. The Morgan fingerprint density at radius 1 is 1.42 bits per heavy atom. The first-order chi connectivity index (χ1) is 9.08. The van der Waals surface area contributed by atoms with Gasteiger partial charge in [0.2, 0.25) is 11.9 Å². The number of tetrazole rings is 1. The van der Waals surface area contributed by atoms with Gasteiger partial charge >= 0.3 is 0 Å². The molecule has 1 amide bonds. The molecule has 0 saturated carbocycles. The van der Waals surface area contributed by atoms with Crippen LogP contribution < -0.4 is 5.73 Å². The number of nitrogens with zero attached hydrogens (tertiary/aromatic N) is 6. The summed E-state index contributed by atoms with van der Waals surface area (Å²) in [5.41, 5.74) is 5.56. The van der Waals surface area contributed by atoms with Crippen molar-refractivity contribution in [2.75, 3.05) is 32.9 Å². The third-order valence-corrected chi connectivity index (χ3v) is 3.63. The second-order valence-corrected chi connectivity index (χ2v) is 5.12. The molecule has 0 bridgehead atoms. The van der Waals surface area contributed by atoms with E-state index in [0.717, 1.165) is 32.4 Å². The molecule has 1 saturated heterocycles. The maximum atomic E-state index is 12.2. The summed E-state index contributed by atoms with van der Waals surface area (Å²) >= 11 is 0. The highest BCUT2D eigenvalue weighted by Gasteiger charge is 2.22. The predicted octanol–water partition coefficient (Wildman–Crippen LogP) is -0.802. The van der Waals surface area contributed by atoms with Crippen molar-refractivity contribution in [3.8, 4) is 0 Å². The van der Waals surface area contributed by atoms with Crippen LogP contribution in [0.3, 0.4) is 0 Å². The van der Waals surface area contributed by atoms with Crippen molar-refractivity contribution in [1.82, 2.24) is 30.0 Å². The van der Waals surface area contributed by atoms with Crippen molar-refractivity contribution in [2.24, 2.45) is 0 Å². The Morgan fingerprint density at radius 3 is 2.84 bits per heavy atom. The SMILES string of the molecule is CN(C)[C@H]1CCCN(C(=O)Cn2nnnc2N)CC1. The van der Waals surface area contributed by atoms with E-state index in [9.17, 15) is 4.79 Å². The quantitative estimate of drug-likeness (QED) is 0.770. The van der Waals surface area contributed by atoms with Crippen LogP contribution in [-0.4, -0.2) is 69.1 Å². The summed E-state index contributed by atoms with van der Waals surface area (Å²) in [6.45, 7) is 1.69. The predicted molar refractivity (Wildman–Crippen MR) is 70.1 cm³/mol. The van der Waals surface area contributed by atoms with Gasteiger partial charge in [0.1, 0.15) is 6.54 Å². The van der Waals surface area contributed by atoms with Gasteiger partial charge in [-0.15, -0.1) is 0 Å². The molecule has 19 heavy (non-hydrogen) atoms. The average Bonchev–Trinajstić information content (AvgIpc) is 2.66. The van der Waals surface area contributed by atoms with Crippen LogP contribution in [-0.2, 0) is 11.3 Å². The second kappa shape index (κ2) is 5.96. The number of hydrogen-bond acceptors (Lipinski definition) is 6. The molecule has 106 valence electrons. The van der Waals surface area contributed by atoms with Gasteiger partial charge in [0.25, 0.3) is 0 Å². The summed E-state index contributed by atoms with van der Waals surface area (Å²) in [6, 6.07) is 0.552. The lowest BCUT2D eigenvalue weighted by atomic mass is 10.1. The molecule has 2 heterocycles. The van der Waals surface area contributed by atoms with Crippen molar-refractivity contribution in [3.05, 3.63) is 0 Å². The summed E-state index contributed by atoms with van der Waals surface area (Å²) in [6.07, 6.45) is 3.16. The van der Waals surface area contributed by atoms with Crippen molar-refractivity contribution < 1.29 is 4.79 Å². The van der Waals surface area contributed by atoms with E-state index in [0.29, 0.717) is 6.04 Å². The number of likely N-dealkylation sites (tertiary alicyclic amines) is 1. The number of hydrogen-bond donors (Lipinski definition) is 1. The van der Waals surface area contributed by atoms with Crippen LogP contribution in [0.5, 0.6) is 0 Å². The molecule has 0 spiro atoms. The maximum Gasteiger partial charge on any atom is 0.244 e. The number of nitrogens with two attached hydrogens (primary N) is 1. The molecule has 0 aromatic carbocycles. The van der Waals surface area contributed by atoms with Gasteiger partial charge in [-0.3, -0.25) is 4.79 Å². The molecule has 1 aromatic rings. The van der Waals surface area contributed by atoms with E-state index < -0.39 is 0 Å². The minimum Gasteiger partial charge on any atom is -0.367 e. The normalized spacial score (nSPS) is 20.6. The van der Waals surface area contributed by atoms with Crippen LogP contribution in [0.4, 0.5) is 5.95 Å². The van der Waals surface area contributed by atoms with Crippen LogP contribution in [0, 0.1) is 0 Å². The van der Waals surface area contributed by atoms with Gasteiger partial charge in [-0.05, 0) is 43.8 Å². The van der Waals surface area contributed by atoms with Gasteiger partial charge in [0, 0.05) is 19.1 Å². The standard InChI is InChI=1S/C11H21N7O/c1-16(2)9-4-3-6-17(7-5-9)10(19)8-18-11(12)13-14-15-18/h9H,3-8H2,1-2H3,(H2,12,13,15)/t9-/m0/s1. The molecule has 8 nitrogen and oxygen atoms in total. The molecule has 0 unspecified atom stereocenters. The summed E-state index contributed by atoms with van der Waals surface area (Å²) in [5, 5.41) is 10.7. The van der Waals surface area contributed by atoms with Crippen molar-refractivity contribution >= 4 is 11.9 Å². The lowest BCUT2D eigenvalue weighted by Gasteiger charge is -2.23. The number of carbonyl (C=O) groups is 1. The largest absolute Gasteiger partial charge is 0.367 e. The summed E-state index contributed by atoms with van der Waals surface area (Å²) in [7, 11) is 4.17. The molecular weight excluding hydrogens is 246 g/mol. The Balaban J connectivity index is 1.91. The van der Waals surface area contributed by atoms with Crippen LogP contribution in [0.15, 0.2) is 0 Å². The average molecular weight is 267 g/mol. The molecule has 1 aliphatic rings. The molecular formula is C11H21N7O. The van der Waals surface area contributed by atoms with E-state index in [1.54, 1.807) is 0 Å². The Hall–Kier alpha value is -1.70. The van der Waals surface area contributed by atoms with Crippen molar-refractivity contribution in [1.29, 1.82) is 0 Å². The molecule has 0 aliphatic carbocycles. The smallest absolute Gasteiger partial charge is 0.244 e. The number of rotatable bonds is 3. The van der Waals surface area contributed by atoms with E-state index in [1.807, 2.05) is 4.90 Å². The van der Waals surface area contributed by atoms with E-state index >= 15 is 0 Å². The van der Waals surface area contributed by atoms with Crippen LogP contribution >= 0.6 is 0 Å². The van der Waals surface area contributed by atoms with Gasteiger partial charge < -0.3 is 15.5 Å². The Labute approximate surface area is 112 Å². The number of nitrogen functional groups attached to an aromatic ring is 1. The molecule has 2 N–H and O–H groups in total. The first-order valence-corrected chi connectivity index (χ1v) is 6.53. The van der Waals surface area contributed by atoms with Crippen molar-refractivity contribution in [2.45, 2.75) is 31.8 Å². The molecule has 1 aliphatic heterocycles. The molecule has 1 atom stereocenters. The summed E-state index contributed by atoms with van der Waals surface area (Å²) in [5.74, 6) is 0.202. The lowest BCUT2D eigenvalue weighted by Crippen LogP contribution is -2.36. The van der Waals surface area contributed by atoms with Gasteiger partial charge in [0.05, 0.1) is 0 Å². The van der Waals surface area contributed by atoms with Gasteiger partial charge in [-0.25, -0.2) is 4.68 Å². The zero-order valence-electron chi connectivity index (χ0n) is 11.5. The van der Waals surface area contributed by atoms with E-state index in [-0.39, 0.29) is 18.4 Å². The minimum atomic E-state index is 0.0263. The van der Waals surface area contributed by atoms with Gasteiger partial charge in [-0.2, -0.15) is 0 Å². The van der Waals surface area contributed by atoms with Gasteiger partial charge in [0.15, 0.2) is 0 Å². The molecule has 0 radical (unpaired) electrons. The maximum absolute atomic E-state index is 12.2. The monoisotopic (exact) mass is 267 g/mol. The minimum absolute atomic E-state index is 0.0263. The molecule has 2 rings (SSSR count). The molecule has 8 heteroatoms. The molecule has 1 aromatic heterocycles. The van der Waals surface area contributed by atoms with E-state index in [4.69, 9.17) is 5.73 Å². The number of amides is 1. The van der Waals surface area contributed by atoms with E-state index in [1.165, 1.54) is 4.68 Å². The highest BCUT2D eigenvalue weighted by molar-refractivity contribution is 5.76. The Kier molecular flexibility index (Phi) is 4.31. The fourth-order valence-corrected chi connectivity index (χ4v) is 2.40. The van der Waals surface area contributed by atoms with E-state index in [2.05, 4.69) is 34.5 Å².